The van der Waals surface area contributed by atoms with E-state index in [1.54, 1.807) is 11.9 Å². The van der Waals surface area contributed by atoms with E-state index in [9.17, 15) is 4.79 Å². The summed E-state index contributed by atoms with van der Waals surface area (Å²) in [7, 11) is 1.57. The number of amides is 2. The molecule has 4 N–H and O–H groups in total. The van der Waals surface area contributed by atoms with E-state index in [1.807, 2.05) is 0 Å². The maximum absolute atomic E-state index is 11.2. The zero-order chi connectivity index (χ0) is 9.84. The highest BCUT2D eigenvalue weighted by Gasteiger charge is 2.25. The number of carbonyl (C=O) groups excluding carboxylic acids is 1. The molecule has 0 aromatic heterocycles. The summed E-state index contributed by atoms with van der Waals surface area (Å²) >= 11 is 0. The molecule has 0 bridgehead atoms. The van der Waals surface area contributed by atoms with Crippen LogP contribution in [0.3, 0.4) is 0 Å². The summed E-state index contributed by atoms with van der Waals surface area (Å²) < 4.78 is 5.19. The molecule has 0 saturated carbocycles. The molecule has 0 aliphatic carbocycles. The lowest BCUT2D eigenvalue weighted by molar-refractivity contribution is 0.0213. The molecule has 1 rings (SSSR count). The molecule has 6 nitrogen and oxygen atoms in total. The SMILES string of the molecule is CNC(=O)N1CCOC(C(=N)N)C1. The first-order chi connectivity index (χ1) is 6.15. The first kappa shape index (κ1) is 9.79. The van der Waals surface area contributed by atoms with E-state index in [2.05, 4.69) is 5.32 Å². The van der Waals surface area contributed by atoms with Gasteiger partial charge in [-0.2, -0.15) is 0 Å². The number of hydrogen-bond acceptors (Lipinski definition) is 3. The molecule has 1 fully saturated rings. The van der Waals surface area contributed by atoms with Crippen LogP contribution >= 0.6 is 0 Å². The first-order valence-corrected chi connectivity index (χ1v) is 4.07. The Bertz CT molecular complexity index is 219. The Balaban J connectivity index is 2.51. The number of urea groups is 1. The number of nitrogens with one attached hydrogen (secondary N) is 2. The zero-order valence-corrected chi connectivity index (χ0v) is 7.54. The van der Waals surface area contributed by atoms with Gasteiger partial charge >= 0.3 is 6.03 Å². The molecule has 13 heavy (non-hydrogen) atoms. The molecule has 0 radical (unpaired) electrons. The molecule has 1 saturated heterocycles. The highest BCUT2D eigenvalue weighted by Crippen LogP contribution is 2.04. The number of rotatable bonds is 1. The van der Waals surface area contributed by atoms with Crippen molar-refractivity contribution in [3.63, 3.8) is 0 Å². The van der Waals surface area contributed by atoms with Gasteiger partial charge in [0.1, 0.15) is 11.9 Å². The van der Waals surface area contributed by atoms with E-state index >= 15 is 0 Å². The molecule has 74 valence electrons. The lowest BCUT2D eigenvalue weighted by atomic mass is 10.2. The predicted molar refractivity (Wildman–Crippen MR) is 47.7 cm³/mol. The van der Waals surface area contributed by atoms with Crippen molar-refractivity contribution in [1.82, 2.24) is 10.2 Å². The fourth-order valence-corrected chi connectivity index (χ4v) is 1.18. The largest absolute Gasteiger partial charge is 0.385 e. The molecule has 0 aromatic carbocycles. The van der Waals surface area contributed by atoms with Gasteiger partial charge in [-0.15, -0.1) is 0 Å². The maximum Gasteiger partial charge on any atom is 0.317 e. The van der Waals surface area contributed by atoms with Crippen LogP contribution < -0.4 is 11.1 Å². The van der Waals surface area contributed by atoms with E-state index < -0.39 is 6.10 Å². The summed E-state index contributed by atoms with van der Waals surface area (Å²) in [6.45, 7) is 1.33. The summed E-state index contributed by atoms with van der Waals surface area (Å²) in [5.74, 6) is -0.0337. The van der Waals surface area contributed by atoms with E-state index in [0.717, 1.165) is 0 Å². The number of morpholine rings is 1. The van der Waals surface area contributed by atoms with Crippen molar-refractivity contribution < 1.29 is 9.53 Å². The Morgan fingerprint density at radius 1 is 1.77 bits per heavy atom. The smallest absolute Gasteiger partial charge is 0.317 e. The van der Waals surface area contributed by atoms with E-state index in [-0.39, 0.29) is 11.9 Å². The summed E-state index contributed by atoms with van der Waals surface area (Å²) in [6, 6.07) is -0.158. The number of amidine groups is 1. The van der Waals surface area contributed by atoms with Crippen LogP contribution in [0, 0.1) is 5.41 Å². The molecule has 6 heteroatoms. The van der Waals surface area contributed by atoms with Crippen LogP contribution in [0.1, 0.15) is 0 Å². The van der Waals surface area contributed by atoms with Crippen molar-refractivity contribution in [2.24, 2.45) is 5.73 Å². The van der Waals surface area contributed by atoms with Gasteiger partial charge in [0.05, 0.1) is 13.2 Å². The van der Waals surface area contributed by atoms with Crippen LogP contribution in [0.5, 0.6) is 0 Å². The highest BCUT2D eigenvalue weighted by atomic mass is 16.5. The second kappa shape index (κ2) is 4.08. The van der Waals surface area contributed by atoms with Gasteiger partial charge in [-0.05, 0) is 0 Å². The van der Waals surface area contributed by atoms with Gasteiger partial charge < -0.3 is 20.7 Å². The van der Waals surface area contributed by atoms with Gasteiger partial charge in [0.2, 0.25) is 0 Å². The van der Waals surface area contributed by atoms with Gasteiger partial charge in [-0.3, -0.25) is 5.41 Å². The molecule has 0 spiro atoms. The van der Waals surface area contributed by atoms with Crippen molar-refractivity contribution in [3.8, 4) is 0 Å². The Morgan fingerprint density at radius 3 is 3.00 bits per heavy atom. The number of ether oxygens (including phenoxy) is 1. The fraction of sp³-hybridized carbons (Fsp3) is 0.714. The van der Waals surface area contributed by atoms with E-state index in [0.29, 0.717) is 19.7 Å². The minimum atomic E-state index is -0.453. The third kappa shape index (κ3) is 2.32. The van der Waals surface area contributed by atoms with E-state index in [1.165, 1.54) is 0 Å². The second-order valence-electron chi connectivity index (χ2n) is 2.82. The Labute approximate surface area is 76.5 Å². The number of nitrogens with two attached hydrogens (primary N) is 1. The molecule has 2 amide bonds. The Kier molecular flexibility index (Phi) is 3.07. The third-order valence-corrected chi connectivity index (χ3v) is 1.91. The van der Waals surface area contributed by atoms with Crippen molar-refractivity contribution >= 4 is 11.9 Å². The van der Waals surface area contributed by atoms with Gasteiger partial charge in [0, 0.05) is 13.6 Å². The molecular weight excluding hydrogens is 172 g/mol. The number of nitrogens with zero attached hydrogens (tertiary/aromatic N) is 1. The first-order valence-electron chi connectivity index (χ1n) is 4.07. The lowest BCUT2D eigenvalue weighted by Crippen LogP contribution is -2.52. The van der Waals surface area contributed by atoms with Crippen molar-refractivity contribution in [1.29, 1.82) is 5.41 Å². The van der Waals surface area contributed by atoms with Crippen LogP contribution in [0.15, 0.2) is 0 Å². The Hall–Kier alpha value is -1.30. The molecular formula is C7H14N4O2. The van der Waals surface area contributed by atoms with Crippen molar-refractivity contribution in [3.05, 3.63) is 0 Å². The minimum Gasteiger partial charge on any atom is -0.385 e. The summed E-state index contributed by atoms with van der Waals surface area (Å²) in [6.07, 6.45) is -0.453. The van der Waals surface area contributed by atoms with Gasteiger partial charge in [-0.1, -0.05) is 0 Å². The number of hydrogen-bond donors (Lipinski definition) is 3. The minimum absolute atomic E-state index is 0.0337. The monoisotopic (exact) mass is 186 g/mol. The number of carbonyl (C=O) groups is 1. The van der Waals surface area contributed by atoms with Crippen LogP contribution in [-0.2, 0) is 4.74 Å². The third-order valence-electron chi connectivity index (χ3n) is 1.91. The molecule has 1 aliphatic heterocycles. The topological polar surface area (TPSA) is 91.4 Å². The summed E-state index contributed by atoms with van der Waals surface area (Å²) in [4.78, 5) is 12.8. The average Bonchev–Trinajstić information content (AvgIpc) is 2.17. The molecule has 1 unspecified atom stereocenters. The van der Waals surface area contributed by atoms with Crippen LogP contribution in [0.4, 0.5) is 4.79 Å². The van der Waals surface area contributed by atoms with Crippen LogP contribution in [0.2, 0.25) is 0 Å². The summed E-state index contributed by atoms with van der Waals surface area (Å²) in [5.41, 5.74) is 5.27. The second-order valence-corrected chi connectivity index (χ2v) is 2.82. The quantitative estimate of drug-likeness (QED) is 0.361. The highest BCUT2D eigenvalue weighted by molar-refractivity contribution is 5.83. The molecule has 0 aromatic rings. The van der Waals surface area contributed by atoms with Crippen molar-refractivity contribution in [2.45, 2.75) is 6.10 Å². The average molecular weight is 186 g/mol. The fourth-order valence-electron chi connectivity index (χ4n) is 1.18. The van der Waals surface area contributed by atoms with Crippen LogP contribution in [-0.4, -0.2) is 49.6 Å². The zero-order valence-electron chi connectivity index (χ0n) is 7.54. The Morgan fingerprint density at radius 2 is 2.46 bits per heavy atom. The predicted octanol–water partition coefficient (Wildman–Crippen LogP) is -1.04. The molecule has 1 aliphatic rings. The van der Waals surface area contributed by atoms with Crippen molar-refractivity contribution in [2.75, 3.05) is 26.7 Å². The molecule has 1 atom stereocenters. The normalized spacial score (nSPS) is 22.5. The van der Waals surface area contributed by atoms with Gasteiger partial charge in [0.25, 0.3) is 0 Å². The van der Waals surface area contributed by atoms with E-state index in [4.69, 9.17) is 15.9 Å². The maximum atomic E-state index is 11.2. The van der Waals surface area contributed by atoms with Gasteiger partial charge in [0.15, 0.2) is 0 Å². The lowest BCUT2D eigenvalue weighted by Gasteiger charge is -2.31. The van der Waals surface area contributed by atoms with Crippen LogP contribution in [0.25, 0.3) is 0 Å². The standard InChI is InChI=1S/C7H14N4O2/c1-10-7(12)11-2-3-13-5(4-11)6(8)9/h5H,2-4H2,1H3,(H3,8,9)(H,10,12). The summed E-state index contributed by atoms with van der Waals surface area (Å²) in [5, 5.41) is 9.69. The molecule has 1 heterocycles. The van der Waals surface area contributed by atoms with Gasteiger partial charge in [-0.25, -0.2) is 4.79 Å².